The van der Waals surface area contributed by atoms with Crippen molar-refractivity contribution in [3.63, 3.8) is 0 Å². The summed E-state index contributed by atoms with van der Waals surface area (Å²) in [7, 11) is 0. The van der Waals surface area contributed by atoms with Gasteiger partial charge >= 0.3 is 0 Å². The van der Waals surface area contributed by atoms with E-state index in [-0.39, 0.29) is 37.2 Å². The molecule has 0 aliphatic carbocycles. The maximum Gasteiger partial charge on any atom is 0.245 e. The average Bonchev–Trinajstić information content (AvgIpc) is 2.74. The maximum absolute atomic E-state index is 13.3. The van der Waals surface area contributed by atoms with E-state index in [1.807, 2.05) is 30.3 Å². The number of amides is 2. The third-order valence-corrected chi connectivity index (χ3v) is 4.44. The number of hydrogen-bond acceptors (Lipinski definition) is 4. The van der Waals surface area contributed by atoms with E-state index >= 15 is 0 Å². The number of benzene rings is 2. The van der Waals surface area contributed by atoms with Crippen LogP contribution in [0.5, 0.6) is 0 Å². The van der Waals surface area contributed by atoms with E-state index in [1.54, 1.807) is 24.3 Å². The number of carbonyl (C=O) groups excluding carboxylic acids is 2. The Kier molecular flexibility index (Phi) is 13.1. The summed E-state index contributed by atoms with van der Waals surface area (Å²) in [5, 5.41) is 12.3. The van der Waals surface area contributed by atoms with Gasteiger partial charge in [-0.25, -0.2) is 4.39 Å². The molecule has 31 heavy (non-hydrogen) atoms. The smallest absolute Gasteiger partial charge is 0.245 e. The first-order chi connectivity index (χ1) is 13.9. The average molecular weight is 472 g/mol. The standard InChI is InChI=1S/C21H26FN5O2.2ClH/c22-12-18(21(29)26-13-15-6-9-16(10-7-15)19(24)25)27-20(28)17(23)11-8-14-4-2-1-3-5-14;;/h1-7,9-10,17-18H,8,11-13,23H2,(H3,24,25)(H,26,29)(H,27,28);2*1H. The van der Waals surface area contributed by atoms with Gasteiger partial charge in [0.15, 0.2) is 0 Å². The van der Waals surface area contributed by atoms with E-state index in [0.29, 0.717) is 18.4 Å². The van der Waals surface area contributed by atoms with Gasteiger partial charge in [-0.3, -0.25) is 15.0 Å². The molecule has 2 amide bonds. The Morgan fingerprint density at radius 2 is 1.58 bits per heavy atom. The van der Waals surface area contributed by atoms with Crippen LogP contribution in [-0.4, -0.2) is 36.4 Å². The molecule has 0 fully saturated rings. The van der Waals surface area contributed by atoms with Crippen molar-refractivity contribution in [1.29, 1.82) is 5.41 Å². The molecule has 0 saturated heterocycles. The lowest BCUT2D eigenvalue weighted by atomic mass is 10.1. The molecule has 0 aromatic heterocycles. The Morgan fingerprint density at radius 1 is 0.968 bits per heavy atom. The van der Waals surface area contributed by atoms with Crippen LogP contribution in [0.25, 0.3) is 0 Å². The summed E-state index contributed by atoms with van der Waals surface area (Å²) in [4.78, 5) is 24.4. The van der Waals surface area contributed by atoms with Gasteiger partial charge in [0, 0.05) is 12.1 Å². The molecule has 0 radical (unpaired) electrons. The van der Waals surface area contributed by atoms with Gasteiger partial charge in [0.1, 0.15) is 18.6 Å². The second-order valence-electron chi connectivity index (χ2n) is 6.67. The highest BCUT2D eigenvalue weighted by atomic mass is 35.5. The van der Waals surface area contributed by atoms with E-state index < -0.39 is 30.6 Å². The number of hydrogen-bond donors (Lipinski definition) is 5. The Labute approximate surface area is 193 Å². The van der Waals surface area contributed by atoms with Crippen molar-refractivity contribution in [2.24, 2.45) is 11.5 Å². The van der Waals surface area contributed by atoms with Crippen LogP contribution in [0.1, 0.15) is 23.1 Å². The molecule has 10 heteroatoms. The van der Waals surface area contributed by atoms with Gasteiger partial charge in [0.25, 0.3) is 0 Å². The lowest BCUT2D eigenvalue weighted by Crippen LogP contribution is -2.52. The van der Waals surface area contributed by atoms with Crippen LogP contribution in [0.4, 0.5) is 4.39 Å². The van der Waals surface area contributed by atoms with Crippen molar-refractivity contribution in [1.82, 2.24) is 10.6 Å². The van der Waals surface area contributed by atoms with E-state index in [0.717, 1.165) is 11.1 Å². The molecule has 7 N–H and O–H groups in total. The Hall–Kier alpha value is -2.68. The van der Waals surface area contributed by atoms with E-state index in [4.69, 9.17) is 16.9 Å². The molecule has 170 valence electrons. The van der Waals surface area contributed by atoms with Crippen LogP contribution in [0, 0.1) is 5.41 Å². The second kappa shape index (κ2) is 14.3. The Morgan fingerprint density at radius 3 is 2.13 bits per heavy atom. The molecule has 0 heterocycles. The van der Waals surface area contributed by atoms with E-state index in [1.165, 1.54) is 0 Å². The van der Waals surface area contributed by atoms with Crippen molar-refractivity contribution in [2.45, 2.75) is 31.5 Å². The van der Waals surface area contributed by atoms with E-state index in [2.05, 4.69) is 10.6 Å². The third-order valence-electron chi connectivity index (χ3n) is 4.44. The summed E-state index contributed by atoms with van der Waals surface area (Å²) in [6, 6.07) is 14.2. The third kappa shape index (κ3) is 9.33. The van der Waals surface area contributed by atoms with Crippen molar-refractivity contribution < 1.29 is 14.0 Å². The van der Waals surface area contributed by atoms with Crippen molar-refractivity contribution >= 4 is 42.5 Å². The summed E-state index contributed by atoms with van der Waals surface area (Å²) in [6.07, 6.45) is 0.997. The van der Waals surface area contributed by atoms with Crippen LogP contribution in [0.15, 0.2) is 54.6 Å². The van der Waals surface area contributed by atoms with Crippen molar-refractivity contribution in [3.8, 4) is 0 Å². The lowest BCUT2D eigenvalue weighted by Gasteiger charge is -2.18. The van der Waals surface area contributed by atoms with Gasteiger partial charge in [-0.05, 0) is 24.0 Å². The summed E-state index contributed by atoms with van der Waals surface area (Å²) >= 11 is 0. The molecule has 0 spiro atoms. The molecule has 0 saturated carbocycles. The normalized spacial score (nSPS) is 11.8. The highest BCUT2D eigenvalue weighted by molar-refractivity contribution is 5.95. The highest BCUT2D eigenvalue weighted by Crippen LogP contribution is 2.05. The SMILES string of the molecule is Cl.Cl.N=C(N)c1ccc(CNC(=O)C(CF)NC(=O)C(N)CCc2ccccc2)cc1. The minimum atomic E-state index is -1.30. The molecular formula is C21H28Cl2FN5O2. The van der Waals surface area contributed by atoms with Gasteiger partial charge < -0.3 is 22.1 Å². The number of nitrogens with one attached hydrogen (secondary N) is 3. The Balaban J connectivity index is 0.00000450. The van der Waals surface area contributed by atoms with Gasteiger partial charge in [-0.2, -0.15) is 0 Å². The maximum atomic E-state index is 13.3. The molecule has 0 aliphatic heterocycles. The second-order valence-corrected chi connectivity index (χ2v) is 6.67. The molecule has 2 atom stereocenters. The zero-order chi connectivity index (χ0) is 21.2. The largest absolute Gasteiger partial charge is 0.384 e. The molecule has 2 aromatic rings. The number of amidine groups is 1. The highest BCUT2D eigenvalue weighted by Gasteiger charge is 2.23. The van der Waals surface area contributed by atoms with Crippen LogP contribution in [0.2, 0.25) is 0 Å². The fourth-order valence-corrected chi connectivity index (χ4v) is 2.67. The molecular weight excluding hydrogens is 444 g/mol. The quantitative estimate of drug-likeness (QED) is 0.267. The summed E-state index contributed by atoms with van der Waals surface area (Å²) in [5.41, 5.74) is 13.6. The van der Waals surface area contributed by atoms with Crippen molar-refractivity contribution in [2.75, 3.05) is 6.67 Å². The first-order valence-electron chi connectivity index (χ1n) is 9.27. The fraction of sp³-hybridized carbons (Fsp3) is 0.286. The lowest BCUT2D eigenvalue weighted by molar-refractivity contribution is -0.130. The molecule has 0 aliphatic rings. The topological polar surface area (TPSA) is 134 Å². The van der Waals surface area contributed by atoms with Gasteiger partial charge in [-0.1, -0.05) is 54.6 Å². The molecule has 2 unspecified atom stereocenters. The zero-order valence-corrected chi connectivity index (χ0v) is 18.5. The van der Waals surface area contributed by atoms with Crippen LogP contribution < -0.4 is 22.1 Å². The summed E-state index contributed by atoms with van der Waals surface area (Å²) in [6.45, 7) is -0.879. The fourth-order valence-electron chi connectivity index (χ4n) is 2.67. The monoisotopic (exact) mass is 471 g/mol. The van der Waals surface area contributed by atoms with Crippen LogP contribution >= 0.6 is 24.8 Å². The number of carbonyl (C=O) groups is 2. The zero-order valence-electron chi connectivity index (χ0n) is 16.8. The predicted octanol–water partition coefficient (Wildman–Crippen LogP) is 1.84. The number of nitrogens with two attached hydrogens (primary N) is 2. The first-order valence-corrected chi connectivity index (χ1v) is 9.27. The van der Waals surface area contributed by atoms with Crippen molar-refractivity contribution in [3.05, 3.63) is 71.3 Å². The Bertz CT molecular complexity index is 837. The number of aryl methyl sites for hydroxylation is 1. The van der Waals surface area contributed by atoms with Crippen LogP contribution in [0.3, 0.4) is 0 Å². The van der Waals surface area contributed by atoms with Gasteiger partial charge in [0.05, 0.1) is 6.04 Å². The number of halogens is 3. The number of nitrogen functional groups attached to an aromatic ring is 1. The first kappa shape index (κ1) is 28.3. The van der Waals surface area contributed by atoms with Gasteiger partial charge in [-0.15, -0.1) is 24.8 Å². The van der Waals surface area contributed by atoms with Crippen LogP contribution in [-0.2, 0) is 22.6 Å². The molecule has 2 aromatic carbocycles. The molecule has 0 bridgehead atoms. The number of alkyl halides is 1. The summed E-state index contributed by atoms with van der Waals surface area (Å²) in [5.74, 6) is -1.25. The number of rotatable bonds is 10. The summed E-state index contributed by atoms with van der Waals surface area (Å²) < 4.78 is 13.3. The molecule has 2 rings (SSSR count). The van der Waals surface area contributed by atoms with Gasteiger partial charge in [0.2, 0.25) is 11.8 Å². The minimum Gasteiger partial charge on any atom is -0.384 e. The molecule has 7 nitrogen and oxygen atoms in total. The minimum absolute atomic E-state index is 0. The predicted molar refractivity (Wildman–Crippen MR) is 124 cm³/mol. The van der Waals surface area contributed by atoms with E-state index in [9.17, 15) is 14.0 Å².